The summed E-state index contributed by atoms with van der Waals surface area (Å²) >= 11 is 1.58. The van der Waals surface area contributed by atoms with E-state index in [0.717, 1.165) is 30.3 Å². The van der Waals surface area contributed by atoms with Crippen molar-refractivity contribution >= 4 is 22.2 Å². The zero-order valence-electron chi connectivity index (χ0n) is 8.76. The molecule has 0 unspecified atom stereocenters. The molecule has 2 aromatic rings. The van der Waals surface area contributed by atoms with Crippen molar-refractivity contribution in [1.82, 2.24) is 10.2 Å². The molecular formula is C11H12N4S. The molecule has 3 rings (SSSR count). The second-order valence-electron chi connectivity index (χ2n) is 3.92. The molecular weight excluding hydrogens is 220 g/mol. The third-order valence-corrected chi connectivity index (χ3v) is 3.61. The Morgan fingerprint density at radius 2 is 2.25 bits per heavy atom. The Hall–Kier alpha value is -1.62. The summed E-state index contributed by atoms with van der Waals surface area (Å²) in [7, 11) is 0. The van der Waals surface area contributed by atoms with Crippen molar-refractivity contribution in [2.75, 3.05) is 17.2 Å². The smallest absolute Gasteiger partial charge is 0.208 e. The van der Waals surface area contributed by atoms with Crippen LogP contribution in [0, 0.1) is 0 Å². The van der Waals surface area contributed by atoms with Gasteiger partial charge < -0.3 is 10.6 Å². The third kappa shape index (κ3) is 1.63. The molecule has 1 aromatic heterocycles. The van der Waals surface area contributed by atoms with E-state index in [1.807, 2.05) is 6.07 Å². The van der Waals surface area contributed by atoms with Crippen molar-refractivity contribution in [3.63, 3.8) is 0 Å². The normalized spacial score (nSPS) is 14.9. The van der Waals surface area contributed by atoms with E-state index in [4.69, 9.17) is 5.73 Å². The first kappa shape index (κ1) is 9.59. The van der Waals surface area contributed by atoms with Gasteiger partial charge in [0.1, 0.15) is 5.51 Å². The standard InChI is InChI=1S/C11H12N4S/c12-10-2-1-8-3-4-15(6-9(8)5-10)11-14-13-7-16-11/h1-2,5,7H,3-4,6,12H2. The van der Waals surface area contributed by atoms with E-state index < -0.39 is 0 Å². The van der Waals surface area contributed by atoms with Gasteiger partial charge in [-0.1, -0.05) is 17.4 Å². The van der Waals surface area contributed by atoms with Gasteiger partial charge in [0.2, 0.25) is 5.13 Å². The van der Waals surface area contributed by atoms with E-state index >= 15 is 0 Å². The number of anilines is 2. The van der Waals surface area contributed by atoms with Crippen LogP contribution in [-0.4, -0.2) is 16.7 Å². The highest BCUT2D eigenvalue weighted by atomic mass is 32.1. The molecule has 0 spiro atoms. The molecule has 0 bridgehead atoms. The molecule has 16 heavy (non-hydrogen) atoms. The number of nitrogens with zero attached hydrogens (tertiary/aromatic N) is 3. The fourth-order valence-corrected chi connectivity index (χ4v) is 2.63. The van der Waals surface area contributed by atoms with Crippen molar-refractivity contribution in [1.29, 1.82) is 0 Å². The van der Waals surface area contributed by atoms with Crippen molar-refractivity contribution in [3.8, 4) is 0 Å². The highest BCUT2D eigenvalue weighted by Gasteiger charge is 2.18. The van der Waals surface area contributed by atoms with Crippen molar-refractivity contribution in [2.45, 2.75) is 13.0 Å². The molecule has 0 aliphatic carbocycles. The summed E-state index contributed by atoms with van der Waals surface area (Å²) in [6.45, 7) is 1.89. The average molecular weight is 232 g/mol. The van der Waals surface area contributed by atoms with Crippen LogP contribution in [0.15, 0.2) is 23.7 Å². The van der Waals surface area contributed by atoms with E-state index in [0.29, 0.717) is 0 Å². The minimum Gasteiger partial charge on any atom is -0.399 e. The largest absolute Gasteiger partial charge is 0.399 e. The Bertz CT molecular complexity index is 495. The quantitative estimate of drug-likeness (QED) is 0.760. The molecule has 0 amide bonds. The first-order chi connectivity index (χ1) is 7.83. The highest BCUT2D eigenvalue weighted by molar-refractivity contribution is 7.13. The van der Waals surface area contributed by atoms with E-state index in [9.17, 15) is 0 Å². The Balaban J connectivity index is 1.91. The molecule has 2 N–H and O–H groups in total. The van der Waals surface area contributed by atoms with Gasteiger partial charge in [-0.15, -0.1) is 10.2 Å². The van der Waals surface area contributed by atoms with Gasteiger partial charge in [0, 0.05) is 18.8 Å². The molecule has 0 saturated heterocycles. The van der Waals surface area contributed by atoms with Crippen molar-refractivity contribution < 1.29 is 0 Å². The van der Waals surface area contributed by atoms with Crippen LogP contribution in [0.1, 0.15) is 11.1 Å². The first-order valence-corrected chi connectivity index (χ1v) is 6.09. The van der Waals surface area contributed by atoms with Crippen LogP contribution in [0.4, 0.5) is 10.8 Å². The van der Waals surface area contributed by atoms with E-state index in [-0.39, 0.29) is 0 Å². The molecule has 82 valence electrons. The van der Waals surface area contributed by atoms with Crippen LogP contribution < -0.4 is 10.6 Å². The Morgan fingerprint density at radius 1 is 1.31 bits per heavy atom. The van der Waals surface area contributed by atoms with E-state index in [2.05, 4.69) is 27.2 Å². The molecule has 0 fully saturated rings. The second kappa shape index (κ2) is 3.75. The fraction of sp³-hybridized carbons (Fsp3) is 0.273. The predicted molar refractivity (Wildman–Crippen MR) is 65.5 cm³/mol. The number of nitrogen functional groups attached to an aromatic ring is 1. The summed E-state index contributed by atoms with van der Waals surface area (Å²) in [6.07, 6.45) is 1.05. The lowest BCUT2D eigenvalue weighted by atomic mass is 9.99. The van der Waals surface area contributed by atoms with Gasteiger partial charge in [-0.2, -0.15) is 0 Å². The van der Waals surface area contributed by atoms with Crippen LogP contribution in [0.3, 0.4) is 0 Å². The Labute approximate surface area is 97.7 Å². The summed E-state index contributed by atoms with van der Waals surface area (Å²) in [6, 6.07) is 6.16. The number of nitrogens with two attached hydrogens (primary N) is 1. The molecule has 0 atom stereocenters. The van der Waals surface area contributed by atoms with Gasteiger partial charge in [-0.05, 0) is 29.7 Å². The average Bonchev–Trinajstić information content (AvgIpc) is 2.81. The molecule has 1 aliphatic heterocycles. The molecule has 1 aromatic carbocycles. The summed E-state index contributed by atoms with van der Waals surface area (Å²) < 4.78 is 0. The van der Waals surface area contributed by atoms with Gasteiger partial charge in [0.25, 0.3) is 0 Å². The summed E-state index contributed by atoms with van der Waals surface area (Å²) in [5, 5.41) is 8.97. The van der Waals surface area contributed by atoms with Crippen LogP contribution >= 0.6 is 11.3 Å². The second-order valence-corrected chi connectivity index (χ2v) is 4.73. The number of benzene rings is 1. The summed E-state index contributed by atoms with van der Waals surface area (Å²) in [5.41, 5.74) is 11.1. The maximum Gasteiger partial charge on any atom is 0.208 e. The maximum atomic E-state index is 5.80. The molecule has 1 aliphatic rings. The zero-order chi connectivity index (χ0) is 11.0. The van der Waals surface area contributed by atoms with Crippen LogP contribution in [0.25, 0.3) is 0 Å². The van der Waals surface area contributed by atoms with E-state index in [1.165, 1.54) is 11.1 Å². The molecule has 4 nitrogen and oxygen atoms in total. The number of hydrogen-bond donors (Lipinski definition) is 1. The Kier molecular flexibility index (Phi) is 2.25. The van der Waals surface area contributed by atoms with Gasteiger partial charge >= 0.3 is 0 Å². The van der Waals surface area contributed by atoms with Gasteiger partial charge in [-0.25, -0.2) is 0 Å². The molecule has 0 saturated carbocycles. The summed E-state index contributed by atoms with van der Waals surface area (Å²) in [5.74, 6) is 0. The molecule has 5 heteroatoms. The minimum atomic E-state index is 0.831. The highest BCUT2D eigenvalue weighted by Crippen LogP contribution is 2.26. The lowest BCUT2D eigenvalue weighted by Gasteiger charge is -2.28. The lowest BCUT2D eigenvalue weighted by molar-refractivity contribution is 0.724. The third-order valence-electron chi connectivity index (χ3n) is 2.86. The van der Waals surface area contributed by atoms with Crippen LogP contribution in [0.5, 0.6) is 0 Å². The monoisotopic (exact) mass is 232 g/mol. The lowest BCUT2D eigenvalue weighted by Crippen LogP contribution is -2.30. The fourth-order valence-electron chi connectivity index (χ4n) is 2.05. The Morgan fingerprint density at radius 3 is 3.06 bits per heavy atom. The SMILES string of the molecule is Nc1ccc2c(c1)CN(c1nncs1)CC2. The number of rotatable bonds is 1. The van der Waals surface area contributed by atoms with Crippen LogP contribution in [0.2, 0.25) is 0 Å². The van der Waals surface area contributed by atoms with Crippen molar-refractivity contribution in [2.24, 2.45) is 0 Å². The molecule has 0 radical (unpaired) electrons. The zero-order valence-corrected chi connectivity index (χ0v) is 9.57. The summed E-state index contributed by atoms with van der Waals surface area (Å²) in [4.78, 5) is 2.25. The van der Waals surface area contributed by atoms with Gasteiger partial charge in [0.05, 0.1) is 0 Å². The molecule has 2 heterocycles. The van der Waals surface area contributed by atoms with Gasteiger partial charge in [0.15, 0.2) is 0 Å². The minimum absolute atomic E-state index is 0.831. The number of hydrogen-bond acceptors (Lipinski definition) is 5. The maximum absolute atomic E-state index is 5.80. The van der Waals surface area contributed by atoms with Crippen molar-refractivity contribution in [3.05, 3.63) is 34.8 Å². The van der Waals surface area contributed by atoms with E-state index in [1.54, 1.807) is 16.8 Å². The van der Waals surface area contributed by atoms with Gasteiger partial charge in [-0.3, -0.25) is 0 Å². The topological polar surface area (TPSA) is 55.0 Å². The van der Waals surface area contributed by atoms with Crippen LogP contribution in [-0.2, 0) is 13.0 Å². The predicted octanol–water partition coefficient (Wildman–Crippen LogP) is 1.68. The number of aromatic nitrogens is 2. The first-order valence-electron chi connectivity index (χ1n) is 5.21. The number of fused-ring (bicyclic) bond motifs is 1.